The second-order valence-corrected chi connectivity index (χ2v) is 7.33. The first-order valence-corrected chi connectivity index (χ1v) is 10.0. The molecule has 1 saturated heterocycles. The number of likely N-dealkylation sites (tertiary alicyclic amines) is 1. The number of halogens is 1. The highest BCUT2D eigenvalue weighted by Gasteiger charge is 2.24. The first-order chi connectivity index (χ1) is 14.5. The Balaban J connectivity index is 1.47. The van der Waals surface area contributed by atoms with Crippen LogP contribution in [-0.4, -0.2) is 50.1 Å². The molecule has 30 heavy (non-hydrogen) atoms. The molecule has 1 fully saturated rings. The molecule has 2 amide bonds. The Labute approximate surface area is 176 Å². The quantitative estimate of drug-likeness (QED) is 0.756. The predicted molar refractivity (Wildman–Crippen MR) is 111 cm³/mol. The Morgan fingerprint density at radius 3 is 2.47 bits per heavy atom. The van der Waals surface area contributed by atoms with Gasteiger partial charge in [-0.2, -0.15) is 0 Å². The van der Waals surface area contributed by atoms with Crippen LogP contribution in [0.5, 0.6) is 11.5 Å². The molecule has 7 heteroatoms. The zero-order chi connectivity index (χ0) is 21.5. The molecular formula is C23H27FN2O4. The predicted octanol–water partition coefficient (Wildman–Crippen LogP) is 3.20. The standard InChI is InChI=1S/C23H27FN2O4/c1-29-20-8-7-17(15-21(20)30-2)23(28)25-19-10-12-26(13-11-19)22(27)9-6-16-4-3-5-18(24)14-16/h3-5,7-8,14-15,19H,6,9-13H2,1-2H3,(H,25,28). The number of rotatable bonds is 7. The van der Waals surface area contributed by atoms with E-state index in [1.165, 1.54) is 19.2 Å². The number of methoxy groups -OCH3 is 2. The van der Waals surface area contributed by atoms with E-state index in [-0.39, 0.29) is 23.7 Å². The van der Waals surface area contributed by atoms with Crippen molar-refractivity contribution in [2.45, 2.75) is 31.7 Å². The lowest BCUT2D eigenvalue weighted by atomic mass is 10.0. The lowest BCUT2D eigenvalue weighted by Crippen LogP contribution is -2.46. The summed E-state index contributed by atoms with van der Waals surface area (Å²) in [6.45, 7) is 1.19. The molecule has 0 unspecified atom stereocenters. The van der Waals surface area contributed by atoms with Crippen molar-refractivity contribution in [3.8, 4) is 11.5 Å². The first-order valence-electron chi connectivity index (χ1n) is 10.0. The van der Waals surface area contributed by atoms with E-state index >= 15 is 0 Å². The maximum absolute atomic E-state index is 13.3. The monoisotopic (exact) mass is 414 g/mol. The molecule has 0 radical (unpaired) electrons. The van der Waals surface area contributed by atoms with Crippen molar-refractivity contribution in [1.29, 1.82) is 0 Å². The average molecular weight is 414 g/mol. The fourth-order valence-electron chi connectivity index (χ4n) is 3.62. The average Bonchev–Trinajstić information content (AvgIpc) is 2.77. The van der Waals surface area contributed by atoms with E-state index in [0.717, 1.165) is 5.56 Å². The highest BCUT2D eigenvalue weighted by molar-refractivity contribution is 5.95. The highest BCUT2D eigenvalue weighted by atomic mass is 19.1. The first kappa shape index (κ1) is 21.6. The van der Waals surface area contributed by atoms with Crippen molar-refractivity contribution < 1.29 is 23.5 Å². The number of amides is 2. The lowest BCUT2D eigenvalue weighted by Gasteiger charge is -2.32. The van der Waals surface area contributed by atoms with Crippen LogP contribution < -0.4 is 14.8 Å². The van der Waals surface area contributed by atoms with Crippen molar-refractivity contribution >= 4 is 11.8 Å². The van der Waals surface area contributed by atoms with Gasteiger partial charge in [0.05, 0.1) is 14.2 Å². The number of hydrogen-bond acceptors (Lipinski definition) is 4. The zero-order valence-corrected chi connectivity index (χ0v) is 17.3. The highest BCUT2D eigenvalue weighted by Crippen LogP contribution is 2.27. The van der Waals surface area contributed by atoms with Crippen LogP contribution in [0, 0.1) is 5.82 Å². The van der Waals surface area contributed by atoms with Gasteiger partial charge in [-0.3, -0.25) is 9.59 Å². The number of piperidine rings is 1. The number of benzene rings is 2. The maximum Gasteiger partial charge on any atom is 0.251 e. The third-order valence-corrected chi connectivity index (χ3v) is 5.35. The number of hydrogen-bond donors (Lipinski definition) is 1. The number of nitrogens with one attached hydrogen (secondary N) is 1. The molecule has 2 aromatic carbocycles. The van der Waals surface area contributed by atoms with E-state index in [2.05, 4.69) is 5.32 Å². The summed E-state index contributed by atoms with van der Waals surface area (Å²) in [6, 6.07) is 11.4. The van der Waals surface area contributed by atoms with E-state index in [4.69, 9.17) is 9.47 Å². The van der Waals surface area contributed by atoms with Gasteiger partial charge >= 0.3 is 0 Å². The van der Waals surface area contributed by atoms with E-state index in [1.54, 1.807) is 31.4 Å². The summed E-state index contributed by atoms with van der Waals surface area (Å²) in [7, 11) is 3.07. The summed E-state index contributed by atoms with van der Waals surface area (Å²) in [5.41, 5.74) is 1.32. The van der Waals surface area contributed by atoms with Crippen molar-refractivity contribution in [2.75, 3.05) is 27.3 Å². The molecule has 0 aromatic heterocycles. The van der Waals surface area contributed by atoms with Gasteiger partial charge < -0.3 is 19.7 Å². The molecular weight excluding hydrogens is 387 g/mol. The minimum absolute atomic E-state index is 0.0119. The summed E-state index contributed by atoms with van der Waals surface area (Å²) >= 11 is 0. The zero-order valence-electron chi connectivity index (χ0n) is 17.3. The fraction of sp³-hybridized carbons (Fsp3) is 0.391. The van der Waals surface area contributed by atoms with Crippen LogP contribution in [-0.2, 0) is 11.2 Å². The Kier molecular flexibility index (Phi) is 7.27. The molecule has 3 rings (SSSR count). The molecule has 1 heterocycles. The van der Waals surface area contributed by atoms with Gasteiger partial charge in [-0.05, 0) is 55.2 Å². The number of aryl methyl sites for hydroxylation is 1. The van der Waals surface area contributed by atoms with Gasteiger partial charge in [-0.15, -0.1) is 0 Å². The molecule has 6 nitrogen and oxygen atoms in total. The fourth-order valence-corrected chi connectivity index (χ4v) is 3.62. The molecule has 0 aliphatic carbocycles. The van der Waals surface area contributed by atoms with Gasteiger partial charge in [0.2, 0.25) is 5.91 Å². The topological polar surface area (TPSA) is 67.9 Å². The second kappa shape index (κ2) is 10.1. The van der Waals surface area contributed by atoms with E-state index in [9.17, 15) is 14.0 Å². The Hall–Kier alpha value is -3.09. The van der Waals surface area contributed by atoms with Crippen LogP contribution in [0.25, 0.3) is 0 Å². The maximum atomic E-state index is 13.3. The minimum Gasteiger partial charge on any atom is -0.493 e. The van der Waals surface area contributed by atoms with Crippen molar-refractivity contribution in [3.63, 3.8) is 0 Å². The molecule has 1 N–H and O–H groups in total. The minimum atomic E-state index is -0.286. The summed E-state index contributed by atoms with van der Waals surface area (Å²) in [4.78, 5) is 26.8. The Bertz CT molecular complexity index is 895. The smallest absolute Gasteiger partial charge is 0.251 e. The third kappa shape index (κ3) is 5.49. The normalized spacial score (nSPS) is 14.3. The van der Waals surface area contributed by atoms with E-state index in [1.807, 2.05) is 11.0 Å². The van der Waals surface area contributed by atoms with Gasteiger partial charge in [-0.1, -0.05) is 12.1 Å². The second-order valence-electron chi connectivity index (χ2n) is 7.33. The van der Waals surface area contributed by atoms with Gasteiger partial charge in [0.15, 0.2) is 11.5 Å². The van der Waals surface area contributed by atoms with Gasteiger partial charge in [0.1, 0.15) is 5.82 Å². The van der Waals surface area contributed by atoms with Crippen LogP contribution in [0.2, 0.25) is 0 Å². The summed E-state index contributed by atoms with van der Waals surface area (Å²) in [5, 5.41) is 3.03. The number of ether oxygens (including phenoxy) is 2. The molecule has 2 aromatic rings. The van der Waals surface area contributed by atoms with Crippen molar-refractivity contribution in [3.05, 3.63) is 59.4 Å². The number of nitrogens with zero attached hydrogens (tertiary/aromatic N) is 1. The summed E-state index contributed by atoms with van der Waals surface area (Å²) < 4.78 is 23.7. The van der Waals surface area contributed by atoms with Crippen LogP contribution >= 0.6 is 0 Å². The van der Waals surface area contributed by atoms with Crippen LogP contribution in [0.1, 0.15) is 35.2 Å². The largest absolute Gasteiger partial charge is 0.493 e. The van der Waals surface area contributed by atoms with E-state index < -0.39 is 0 Å². The van der Waals surface area contributed by atoms with Crippen LogP contribution in [0.3, 0.4) is 0 Å². The summed E-state index contributed by atoms with van der Waals surface area (Å²) in [6.07, 6.45) is 2.27. The van der Waals surface area contributed by atoms with Crippen molar-refractivity contribution in [1.82, 2.24) is 10.2 Å². The van der Waals surface area contributed by atoms with Crippen molar-refractivity contribution in [2.24, 2.45) is 0 Å². The van der Waals surface area contributed by atoms with Crippen LogP contribution in [0.4, 0.5) is 4.39 Å². The van der Waals surface area contributed by atoms with Gasteiger partial charge in [0.25, 0.3) is 5.91 Å². The van der Waals surface area contributed by atoms with Gasteiger partial charge in [0, 0.05) is 31.1 Å². The molecule has 160 valence electrons. The Morgan fingerprint density at radius 1 is 1.07 bits per heavy atom. The van der Waals surface area contributed by atoms with Gasteiger partial charge in [-0.25, -0.2) is 4.39 Å². The number of carbonyl (C=O) groups is 2. The van der Waals surface area contributed by atoms with E-state index in [0.29, 0.717) is 55.8 Å². The lowest BCUT2D eigenvalue weighted by molar-refractivity contribution is -0.132. The summed E-state index contributed by atoms with van der Waals surface area (Å²) in [5.74, 6) is 0.671. The SMILES string of the molecule is COc1ccc(C(=O)NC2CCN(C(=O)CCc3cccc(F)c3)CC2)cc1OC. The molecule has 0 atom stereocenters. The molecule has 1 aliphatic rings. The molecule has 0 bridgehead atoms. The molecule has 1 aliphatic heterocycles. The Morgan fingerprint density at radius 2 is 1.80 bits per heavy atom. The molecule has 0 saturated carbocycles. The van der Waals surface area contributed by atoms with Crippen LogP contribution in [0.15, 0.2) is 42.5 Å². The molecule has 0 spiro atoms. The third-order valence-electron chi connectivity index (χ3n) is 5.35. The number of carbonyl (C=O) groups excluding carboxylic acids is 2.